The van der Waals surface area contributed by atoms with Crippen LogP contribution in [0.3, 0.4) is 0 Å². The van der Waals surface area contributed by atoms with E-state index in [1.54, 1.807) is 12.4 Å². The Balaban J connectivity index is 1.59. The molecule has 4 aromatic rings. The van der Waals surface area contributed by atoms with E-state index >= 15 is 0 Å². The third-order valence-corrected chi connectivity index (χ3v) is 5.15. The molecule has 0 saturated heterocycles. The third kappa shape index (κ3) is 3.31. The molecule has 0 bridgehead atoms. The fourth-order valence-corrected chi connectivity index (χ4v) is 3.41. The minimum Gasteiger partial charge on any atom is -0.373 e. The molecule has 1 fully saturated rings. The number of H-pyrrole nitrogens is 1. The molecule has 1 aromatic carbocycles. The van der Waals surface area contributed by atoms with Crippen molar-refractivity contribution >= 4 is 28.3 Å². The van der Waals surface area contributed by atoms with Gasteiger partial charge in [0.05, 0.1) is 11.4 Å². The number of nitrogens with zero attached hydrogens (tertiary/aromatic N) is 3. The Labute approximate surface area is 167 Å². The standard InChI is InChI=1S/C22H20N6O/c1-23-21-17-12-24-20(26-22(29)14-7-8-14)9-15(17)16(11-25-21)19-10-18(27-28-19)13-5-3-2-4-6-13/h2-6,9-12,14H,7-8H2,1H3,(H,23,25)(H,27,28)(H,24,26,29). The van der Waals surface area contributed by atoms with Gasteiger partial charge in [-0.25, -0.2) is 9.97 Å². The largest absolute Gasteiger partial charge is 0.373 e. The number of fused-ring (bicyclic) bond motifs is 1. The number of rotatable bonds is 5. The lowest BCUT2D eigenvalue weighted by Gasteiger charge is -2.10. The molecule has 1 aliphatic rings. The van der Waals surface area contributed by atoms with E-state index in [0.717, 1.165) is 51.9 Å². The van der Waals surface area contributed by atoms with Gasteiger partial charge in [-0.2, -0.15) is 5.10 Å². The molecule has 3 N–H and O–H groups in total. The fraction of sp³-hybridized carbons (Fsp3) is 0.182. The number of aromatic amines is 1. The molecule has 3 aromatic heterocycles. The SMILES string of the molecule is CNc1ncc(-c2cc(-c3ccccc3)[nH]n2)c2cc(NC(=O)C3CC3)ncc12. The summed E-state index contributed by atoms with van der Waals surface area (Å²) in [5.41, 5.74) is 3.66. The van der Waals surface area contributed by atoms with Crippen molar-refractivity contribution in [2.45, 2.75) is 12.8 Å². The van der Waals surface area contributed by atoms with E-state index in [1.165, 1.54) is 0 Å². The van der Waals surface area contributed by atoms with E-state index in [2.05, 4.69) is 30.8 Å². The molecule has 0 spiro atoms. The van der Waals surface area contributed by atoms with Gasteiger partial charge in [-0.3, -0.25) is 9.89 Å². The van der Waals surface area contributed by atoms with Gasteiger partial charge in [0.2, 0.25) is 5.91 Å². The molecule has 0 unspecified atom stereocenters. The number of anilines is 2. The Morgan fingerprint density at radius 1 is 1.07 bits per heavy atom. The second-order valence-electron chi connectivity index (χ2n) is 7.18. The highest BCUT2D eigenvalue weighted by Gasteiger charge is 2.29. The maximum absolute atomic E-state index is 12.2. The first-order valence-corrected chi connectivity index (χ1v) is 9.61. The Kier molecular flexibility index (Phi) is 4.20. The van der Waals surface area contributed by atoms with Crippen molar-refractivity contribution in [1.82, 2.24) is 20.2 Å². The normalized spacial score (nSPS) is 13.4. The summed E-state index contributed by atoms with van der Waals surface area (Å²) in [6, 6.07) is 13.9. The van der Waals surface area contributed by atoms with Crippen LogP contribution in [0.1, 0.15) is 12.8 Å². The molecular weight excluding hydrogens is 364 g/mol. The third-order valence-electron chi connectivity index (χ3n) is 5.15. The van der Waals surface area contributed by atoms with Crippen LogP contribution < -0.4 is 10.6 Å². The van der Waals surface area contributed by atoms with Gasteiger partial charge in [0, 0.05) is 41.7 Å². The molecule has 0 atom stereocenters. The van der Waals surface area contributed by atoms with E-state index in [0.29, 0.717) is 5.82 Å². The Morgan fingerprint density at radius 3 is 2.66 bits per heavy atom. The molecule has 0 aliphatic heterocycles. The van der Waals surface area contributed by atoms with Crippen LogP contribution in [-0.4, -0.2) is 33.1 Å². The predicted octanol–water partition coefficient (Wildman–Crippen LogP) is 4.08. The number of nitrogens with one attached hydrogen (secondary N) is 3. The number of amides is 1. The first-order valence-electron chi connectivity index (χ1n) is 9.61. The van der Waals surface area contributed by atoms with Crippen LogP contribution in [0.2, 0.25) is 0 Å². The van der Waals surface area contributed by atoms with Crippen LogP contribution >= 0.6 is 0 Å². The number of hydrogen-bond donors (Lipinski definition) is 3. The van der Waals surface area contributed by atoms with Crippen molar-refractivity contribution in [2.24, 2.45) is 5.92 Å². The summed E-state index contributed by atoms with van der Waals surface area (Å²) in [6.07, 6.45) is 5.44. The van der Waals surface area contributed by atoms with Crippen LogP contribution in [0.5, 0.6) is 0 Å². The zero-order chi connectivity index (χ0) is 19.8. The topological polar surface area (TPSA) is 95.6 Å². The highest BCUT2D eigenvalue weighted by atomic mass is 16.2. The van der Waals surface area contributed by atoms with Crippen molar-refractivity contribution in [2.75, 3.05) is 17.7 Å². The summed E-state index contributed by atoms with van der Waals surface area (Å²) >= 11 is 0. The molecule has 7 nitrogen and oxygen atoms in total. The van der Waals surface area contributed by atoms with Crippen molar-refractivity contribution in [3.05, 3.63) is 54.9 Å². The monoisotopic (exact) mass is 384 g/mol. The first-order chi connectivity index (χ1) is 14.2. The number of aromatic nitrogens is 4. The smallest absolute Gasteiger partial charge is 0.228 e. The van der Waals surface area contributed by atoms with Gasteiger partial charge < -0.3 is 10.6 Å². The van der Waals surface area contributed by atoms with Crippen molar-refractivity contribution < 1.29 is 4.79 Å². The fourth-order valence-electron chi connectivity index (χ4n) is 3.41. The number of pyridine rings is 2. The van der Waals surface area contributed by atoms with Gasteiger partial charge in [-0.05, 0) is 30.5 Å². The second kappa shape index (κ2) is 7.01. The summed E-state index contributed by atoms with van der Waals surface area (Å²) in [7, 11) is 1.83. The lowest BCUT2D eigenvalue weighted by Crippen LogP contribution is -2.14. The molecule has 7 heteroatoms. The first kappa shape index (κ1) is 17.4. The summed E-state index contributed by atoms with van der Waals surface area (Å²) in [6.45, 7) is 0. The van der Waals surface area contributed by atoms with E-state index in [4.69, 9.17) is 0 Å². The van der Waals surface area contributed by atoms with Crippen LogP contribution in [0.15, 0.2) is 54.9 Å². The van der Waals surface area contributed by atoms with Gasteiger partial charge in [0.15, 0.2) is 0 Å². The molecule has 1 amide bonds. The van der Waals surface area contributed by atoms with Crippen LogP contribution in [0.4, 0.5) is 11.6 Å². The van der Waals surface area contributed by atoms with E-state index in [-0.39, 0.29) is 11.8 Å². The van der Waals surface area contributed by atoms with Crippen LogP contribution in [0.25, 0.3) is 33.3 Å². The zero-order valence-corrected chi connectivity index (χ0v) is 15.9. The van der Waals surface area contributed by atoms with Gasteiger partial charge in [0.25, 0.3) is 0 Å². The maximum Gasteiger partial charge on any atom is 0.228 e. The average Bonchev–Trinajstić information content (AvgIpc) is 3.51. The van der Waals surface area contributed by atoms with E-state index in [1.807, 2.05) is 49.5 Å². The molecule has 0 radical (unpaired) electrons. The lowest BCUT2D eigenvalue weighted by atomic mass is 10.0. The maximum atomic E-state index is 12.2. The summed E-state index contributed by atoms with van der Waals surface area (Å²) in [4.78, 5) is 21.1. The Hall–Kier alpha value is -3.74. The van der Waals surface area contributed by atoms with Crippen molar-refractivity contribution in [3.8, 4) is 22.5 Å². The van der Waals surface area contributed by atoms with Crippen LogP contribution in [0, 0.1) is 5.92 Å². The van der Waals surface area contributed by atoms with Gasteiger partial charge >= 0.3 is 0 Å². The molecule has 1 saturated carbocycles. The number of carbonyl (C=O) groups is 1. The van der Waals surface area contributed by atoms with Gasteiger partial charge in [0.1, 0.15) is 11.6 Å². The van der Waals surface area contributed by atoms with Crippen molar-refractivity contribution in [1.29, 1.82) is 0 Å². The molecule has 5 rings (SSSR count). The molecule has 144 valence electrons. The minimum absolute atomic E-state index is 0.0347. The van der Waals surface area contributed by atoms with E-state index in [9.17, 15) is 4.79 Å². The minimum atomic E-state index is 0.0347. The summed E-state index contributed by atoms with van der Waals surface area (Å²) in [5.74, 6) is 1.43. The number of benzene rings is 1. The molecule has 29 heavy (non-hydrogen) atoms. The summed E-state index contributed by atoms with van der Waals surface area (Å²) in [5, 5.41) is 15.4. The molecular formula is C22H20N6O. The number of hydrogen-bond acceptors (Lipinski definition) is 5. The highest BCUT2D eigenvalue weighted by molar-refractivity contribution is 6.03. The van der Waals surface area contributed by atoms with Crippen LogP contribution in [-0.2, 0) is 4.79 Å². The highest BCUT2D eigenvalue weighted by Crippen LogP contribution is 2.34. The predicted molar refractivity (Wildman–Crippen MR) is 113 cm³/mol. The second-order valence-corrected chi connectivity index (χ2v) is 7.18. The zero-order valence-electron chi connectivity index (χ0n) is 15.9. The molecule has 1 aliphatic carbocycles. The van der Waals surface area contributed by atoms with Gasteiger partial charge in [-0.1, -0.05) is 30.3 Å². The Morgan fingerprint density at radius 2 is 1.90 bits per heavy atom. The lowest BCUT2D eigenvalue weighted by molar-refractivity contribution is -0.117. The molecule has 3 heterocycles. The summed E-state index contributed by atoms with van der Waals surface area (Å²) < 4.78 is 0. The number of carbonyl (C=O) groups excluding carboxylic acids is 1. The van der Waals surface area contributed by atoms with Crippen molar-refractivity contribution in [3.63, 3.8) is 0 Å². The van der Waals surface area contributed by atoms with E-state index < -0.39 is 0 Å². The quantitative estimate of drug-likeness (QED) is 0.482. The Bertz CT molecular complexity index is 1200. The van der Waals surface area contributed by atoms with Gasteiger partial charge in [-0.15, -0.1) is 0 Å². The average molecular weight is 384 g/mol.